The molecule has 2 unspecified atom stereocenters. The molecule has 2 fully saturated rings. The Morgan fingerprint density at radius 3 is 2.60 bits per heavy atom. The number of ether oxygens (including phenoxy) is 1. The van der Waals surface area contributed by atoms with Gasteiger partial charge in [-0.25, -0.2) is 0 Å². The number of esters is 1. The third-order valence-electron chi connectivity index (χ3n) is 4.16. The Morgan fingerprint density at radius 2 is 2.05 bits per heavy atom. The fourth-order valence-corrected chi connectivity index (χ4v) is 2.92. The number of nitro benzene ring substituents is 1. The predicted octanol–water partition coefficient (Wildman–Crippen LogP) is 1.87. The van der Waals surface area contributed by atoms with Crippen molar-refractivity contribution in [1.82, 2.24) is 4.90 Å². The highest BCUT2D eigenvalue weighted by Gasteiger charge is 2.43. The van der Waals surface area contributed by atoms with Gasteiger partial charge in [0.1, 0.15) is 12.6 Å². The third-order valence-corrected chi connectivity index (χ3v) is 4.16. The van der Waals surface area contributed by atoms with Crippen LogP contribution >= 0.6 is 0 Å². The van der Waals surface area contributed by atoms with Crippen molar-refractivity contribution >= 4 is 11.7 Å². The summed E-state index contributed by atoms with van der Waals surface area (Å²) >= 11 is 0. The minimum absolute atomic E-state index is 0.0410. The molecule has 0 saturated carbocycles. The van der Waals surface area contributed by atoms with Gasteiger partial charge in [-0.1, -0.05) is 0 Å². The minimum Gasteiger partial charge on any atom is -0.460 e. The highest BCUT2D eigenvalue weighted by atomic mass is 16.6. The van der Waals surface area contributed by atoms with Crippen molar-refractivity contribution in [3.63, 3.8) is 0 Å². The van der Waals surface area contributed by atoms with E-state index in [1.807, 2.05) is 0 Å². The van der Waals surface area contributed by atoms with Gasteiger partial charge in [-0.05, 0) is 37.0 Å². The van der Waals surface area contributed by atoms with Crippen molar-refractivity contribution in [2.45, 2.75) is 38.0 Å². The molecule has 2 aliphatic rings. The molecule has 0 aliphatic carbocycles. The molecule has 0 amide bonds. The van der Waals surface area contributed by atoms with Crippen LogP contribution in [0.25, 0.3) is 0 Å². The average Bonchev–Trinajstić information content (AvgIpc) is 2.71. The highest BCUT2D eigenvalue weighted by molar-refractivity contribution is 5.76. The third kappa shape index (κ3) is 2.38. The Hall–Kier alpha value is -1.95. The lowest BCUT2D eigenvalue weighted by Gasteiger charge is -2.37. The molecular formula is C14H16N2O4. The van der Waals surface area contributed by atoms with Gasteiger partial charge < -0.3 is 4.74 Å². The second-order valence-electron chi connectivity index (χ2n) is 5.30. The Labute approximate surface area is 116 Å². The molecule has 6 heteroatoms. The number of benzene rings is 1. The van der Waals surface area contributed by atoms with E-state index in [1.165, 1.54) is 18.6 Å². The minimum atomic E-state index is -0.446. The molecule has 1 aromatic carbocycles. The number of hydrogen-bond acceptors (Lipinski definition) is 5. The van der Waals surface area contributed by atoms with Gasteiger partial charge in [-0.2, -0.15) is 0 Å². The zero-order valence-electron chi connectivity index (χ0n) is 11.0. The number of hydrogen-bond donors (Lipinski definition) is 0. The monoisotopic (exact) mass is 276 g/mol. The molecule has 0 radical (unpaired) electrons. The number of carbonyl (C=O) groups excluding carboxylic acids is 1. The summed E-state index contributed by atoms with van der Waals surface area (Å²) in [4.78, 5) is 24.3. The summed E-state index contributed by atoms with van der Waals surface area (Å²) in [7, 11) is 0. The second kappa shape index (κ2) is 5.20. The van der Waals surface area contributed by atoms with Crippen LogP contribution in [-0.4, -0.2) is 34.4 Å². The first-order chi connectivity index (χ1) is 9.65. The number of rotatable bonds is 4. The van der Waals surface area contributed by atoms with E-state index in [2.05, 4.69) is 4.90 Å². The summed E-state index contributed by atoms with van der Waals surface area (Å²) in [6, 6.07) is 6.56. The normalized spacial score (nSPS) is 24.8. The van der Waals surface area contributed by atoms with E-state index in [0.29, 0.717) is 6.04 Å². The molecule has 0 N–H and O–H groups in total. The molecule has 2 aliphatic heterocycles. The first-order valence-corrected chi connectivity index (χ1v) is 6.81. The smallest absolute Gasteiger partial charge is 0.323 e. The molecule has 20 heavy (non-hydrogen) atoms. The Kier molecular flexibility index (Phi) is 3.40. The van der Waals surface area contributed by atoms with E-state index < -0.39 is 4.92 Å². The van der Waals surface area contributed by atoms with Gasteiger partial charge in [0.15, 0.2) is 0 Å². The summed E-state index contributed by atoms with van der Waals surface area (Å²) in [5, 5.41) is 10.5. The van der Waals surface area contributed by atoms with Crippen LogP contribution in [0.1, 0.15) is 24.8 Å². The van der Waals surface area contributed by atoms with Crippen molar-refractivity contribution in [3.8, 4) is 0 Å². The number of nitrogens with zero attached hydrogens (tertiary/aromatic N) is 2. The van der Waals surface area contributed by atoms with Crippen LogP contribution in [0, 0.1) is 10.1 Å². The molecule has 106 valence electrons. The van der Waals surface area contributed by atoms with Crippen molar-refractivity contribution < 1.29 is 14.5 Å². The molecule has 3 rings (SSSR count). The van der Waals surface area contributed by atoms with Crippen LogP contribution in [0.5, 0.6) is 0 Å². The summed E-state index contributed by atoms with van der Waals surface area (Å²) in [5.74, 6) is -0.175. The first kappa shape index (κ1) is 13.1. The summed E-state index contributed by atoms with van der Waals surface area (Å²) < 4.78 is 5.31. The van der Waals surface area contributed by atoms with Gasteiger partial charge in [-0.3, -0.25) is 19.8 Å². The molecule has 0 bridgehead atoms. The SMILES string of the molecule is O=C(OCc1ccc([N+](=O)[O-])cc1)C1CCC2CCN21. The molecule has 2 heterocycles. The molecule has 6 nitrogen and oxygen atoms in total. The van der Waals surface area contributed by atoms with E-state index in [4.69, 9.17) is 4.74 Å². The largest absolute Gasteiger partial charge is 0.460 e. The summed E-state index contributed by atoms with van der Waals surface area (Å²) in [5.41, 5.74) is 0.807. The lowest BCUT2D eigenvalue weighted by Crippen LogP contribution is -2.50. The van der Waals surface area contributed by atoms with Crippen molar-refractivity contribution in [1.29, 1.82) is 0 Å². The van der Waals surface area contributed by atoms with Gasteiger partial charge in [0.25, 0.3) is 5.69 Å². The van der Waals surface area contributed by atoms with Crippen LogP contribution in [-0.2, 0) is 16.1 Å². The highest BCUT2D eigenvalue weighted by Crippen LogP contribution is 2.34. The number of non-ortho nitro benzene ring substituents is 1. The zero-order valence-corrected chi connectivity index (χ0v) is 11.0. The van der Waals surface area contributed by atoms with Crippen molar-refractivity contribution in [3.05, 3.63) is 39.9 Å². The average molecular weight is 276 g/mol. The van der Waals surface area contributed by atoms with E-state index in [0.717, 1.165) is 24.9 Å². The Morgan fingerprint density at radius 1 is 1.30 bits per heavy atom. The van der Waals surface area contributed by atoms with E-state index in [1.54, 1.807) is 12.1 Å². The number of nitro groups is 1. The van der Waals surface area contributed by atoms with Crippen LogP contribution < -0.4 is 0 Å². The Bertz CT molecular complexity index is 528. The van der Waals surface area contributed by atoms with E-state index in [9.17, 15) is 14.9 Å². The van der Waals surface area contributed by atoms with Crippen molar-refractivity contribution in [2.24, 2.45) is 0 Å². The number of fused-ring (bicyclic) bond motifs is 1. The second-order valence-corrected chi connectivity index (χ2v) is 5.30. The zero-order chi connectivity index (χ0) is 14.1. The van der Waals surface area contributed by atoms with Crippen LogP contribution in [0.4, 0.5) is 5.69 Å². The van der Waals surface area contributed by atoms with Gasteiger partial charge in [0.2, 0.25) is 0 Å². The maximum absolute atomic E-state index is 12.0. The summed E-state index contributed by atoms with van der Waals surface area (Å²) in [6.45, 7) is 1.16. The first-order valence-electron chi connectivity index (χ1n) is 6.81. The fraction of sp³-hybridized carbons (Fsp3) is 0.500. The predicted molar refractivity (Wildman–Crippen MR) is 71.0 cm³/mol. The van der Waals surface area contributed by atoms with Gasteiger partial charge in [0, 0.05) is 24.7 Å². The number of carbonyl (C=O) groups is 1. The standard InChI is InChI=1S/C14H16N2O4/c17-14(13-6-5-11-7-8-15(11)13)20-9-10-1-3-12(4-2-10)16(18)19/h1-4,11,13H,5-9H2. The Balaban J connectivity index is 1.54. The molecule has 0 spiro atoms. The van der Waals surface area contributed by atoms with E-state index >= 15 is 0 Å². The maximum atomic E-state index is 12.0. The maximum Gasteiger partial charge on any atom is 0.323 e. The van der Waals surface area contributed by atoms with Crippen LogP contribution in [0.3, 0.4) is 0 Å². The van der Waals surface area contributed by atoms with Gasteiger partial charge in [-0.15, -0.1) is 0 Å². The van der Waals surface area contributed by atoms with Crippen molar-refractivity contribution in [2.75, 3.05) is 6.54 Å². The van der Waals surface area contributed by atoms with Crippen LogP contribution in [0.2, 0.25) is 0 Å². The lowest BCUT2D eigenvalue weighted by molar-refractivity contribution is -0.384. The molecular weight excluding hydrogens is 260 g/mol. The molecule has 2 atom stereocenters. The molecule has 1 aromatic rings. The molecule has 0 aromatic heterocycles. The quantitative estimate of drug-likeness (QED) is 0.477. The topological polar surface area (TPSA) is 72.7 Å². The van der Waals surface area contributed by atoms with Crippen LogP contribution in [0.15, 0.2) is 24.3 Å². The summed E-state index contributed by atoms with van der Waals surface area (Å²) in [6.07, 6.45) is 3.15. The van der Waals surface area contributed by atoms with E-state index in [-0.39, 0.29) is 24.3 Å². The van der Waals surface area contributed by atoms with Gasteiger partial charge in [0.05, 0.1) is 4.92 Å². The lowest BCUT2D eigenvalue weighted by atomic mass is 10.1. The molecule has 2 saturated heterocycles. The van der Waals surface area contributed by atoms with Gasteiger partial charge >= 0.3 is 5.97 Å². The fourth-order valence-electron chi connectivity index (χ4n) is 2.92.